The van der Waals surface area contributed by atoms with Crippen LogP contribution in [0.1, 0.15) is 57.2 Å². The van der Waals surface area contributed by atoms with Crippen LogP contribution in [0.25, 0.3) is 0 Å². The van der Waals surface area contributed by atoms with Gasteiger partial charge in [0, 0.05) is 19.7 Å². The van der Waals surface area contributed by atoms with Crippen molar-refractivity contribution in [3.63, 3.8) is 0 Å². The molecule has 2 atom stereocenters. The van der Waals surface area contributed by atoms with Crippen molar-refractivity contribution >= 4 is 0 Å². The zero-order valence-electron chi connectivity index (χ0n) is 11.8. The van der Waals surface area contributed by atoms with Gasteiger partial charge in [-0.25, -0.2) is 0 Å². The number of hydrogen-bond acceptors (Lipinski definition) is 5. The summed E-state index contributed by atoms with van der Waals surface area (Å²) >= 11 is 0. The predicted molar refractivity (Wildman–Crippen MR) is 70.8 cm³/mol. The molecular formula is C14H23N3O2. The first-order valence-corrected chi connectivity index (χ1v) is 7.42. The second-order valence-electron chi connectivity index (χ2n) is 5.94. The van der Waals surface area contributed by atoms with Gasteiger partial charge in [0.15, 0.2) is 0 Å². The van der Waals surface area contributed by atoms with Gasteiger partial charge in [0.25, 0.3) is 0 Å². The minimum absolute atomic E-state index is 0.314. The van der Waals surface area contributed by atoms with E-state index in [1.54, 1.807) is 0 Å². The monoisotopic (exact) mass is 265 g/mol. The summed E-state index contributed by atoms with van der Waals surface area (Å²) in [5.41, 5.74) is -0.314. The highest BCUT2D eigenvalue weighted by Crippen LogP contribution is 2.42. The SMILES string of the molecule is CCOC1(c2noc(C3CNC3)n2)CCCC(C)C1. The quantitative estimate of drug-likeness (QED) is 0.904. The molecule has 5 nitrogen and oxygen atoms in total. The standard InChI is InChI=1S/C14H23N3O2/c1-3-18-14(6-4-5-10(2)7-14)13-16-12(19-17-13)11-8-15-9-11/h10-11,15H,3-9H2,1-2H3. The Morgan fingerprint density at radius 3 is 2.95 bits per heavy atom. The van der Waals surface area contributed by atoms with E-state index in [-0.39, 0.29) is 5.60 Å². The highest BCUT2D eigenvalue weighted by molar-refractivity contribution is 5.08. The van der Waals surface area contributed by atoms with Gasteiger partial charge in [-0.2, -0.15) is 4.98 Å². The highest BCUT2D eigenvalue weighted by Gasteiger charge is 2.42. The Hall–Kier alpha value is -0.940. The van der Waals surface area contributed by atoms with E-state index in [1.807, 2.05) is 6.92 Å². The Balaban J connectivity index is 1.84. The maximum absolute atomic E-state index is 6.07. The molecule has 0 amide bonds. The van der Waals surface area contributed by atoms with Crippen LogP contribution < -0.4 is 5.32 Å². The molecule has 1 aromatic rings. The van der Waals surface area contributed by atoms with Crippen molar-refractivity contribution in [2.24, 2.45) is 5.92 Å². The molecule has 1 N–H and O–H groups in total. The van der Waals surface area contributed by atoms with Crippen molar-refractivity contribution in [1.29, 1.82) is 0 Å². The second kappa shape index (κ2) is 5.21. The van der Waals surface area contributed by atoms with Gasteiger partial charge in [-0.15, -0.1) is 0 Å². The Labute approximate surface area is 114 Å². The molecule has 106 valence electrons. The summed E-state index contributed by atoms with van der Waals surface area (Å²) in [6.45, 7) is 6.91. The van der Waals surface area contributed by atoms with Gasteiger partial charge in [0.2, 0.25) is 11.7 Å². The van der Waals surface area contributed by atoms with Crippen LogP contribution in [0.5, 0.6) is 0 Å². The van der Waals surface area contributed by atoms with Gasteiger partial charge in [-0.3, -0.25) is 0 Å². The molecule has 19 heavy (non-hydrogen) atoms. The van der Waals surface area contributed by atoms with Crippen molar-refractivity contribution in [3.05, 3.63) is 11.7 Å². The van der Waals surface area contributed by atoms with Crippen molar-refractivity contribution < 1.29 is 9.26 Å². The molecule has 1 saturated heterocycles. The van der Waals surface area contributed by atoms with Crippen LogP contribution in [0.2, 0.25) is 0 Å². The molecule has 2 unspecified atom stereocenters. The van der Waals surface area contributed by atoms with E-state index < -0.39 is 0 Å². The lowest BCUT2D eigenvalue weighted by molar-refractivity contribution is -0.0891. The number of ether oxygens (including phenoxy) is 1. The zero-order valence-corrected chi connectivity index (χ0v) is 11.8. The molecule has 1 aliphatic carbocycles. The summed E-state index contributed by atoms with van der Waals surface area (Å²) < 4.78 is 11.5. The molecule has 1 aliphatic heterocycles. The third-order valence-corrected chi connectivity index (χ3v) is 4.36. The number of aromatic nitrogens is 2. The molecule has 5 heteroatoms. The smallest absolute Gasteiger partial charge is 0.232 e. The highest BCUT2D eigenvalue weighted by atomic mass is 16.5. The molecule has 0 radical (unpaired) electrons. The zero-order chi connectivity index (χ0) is 13.3. The van der Waals surface area contributed by atoms with Crippen LogP contribution in [-0.2, 0) is 10.3 Å². The van der Waals surface area contributed by atoms with Crippen molar-refractivity contribution in [2.75, 3.05) is 19.7 Å². The molecule has 0 bridgehead atoms. The number of nitrogens with one attached hydrogen (secondary N) is 1. The summed E-state index contributed by atoms with van der Waals surface area (Å²) in [6, 6.07) is 0. The molecule has 2 aliphatic rings. The lowest BCUT2D eigenvalue weighted by atomic mass is 9.78. The number of nitrogens with zero attached hydrogens (tertiary/aromatic N) is 2. The number of rotatable bonds is 4. The van der Waals surface area contributed by atoms with E-state index in [2.05, 4.69) is 22.4 Å². The van der Waals surface area contributed by atoms with E-state index in [9.17, 15) is 0 Å². The first-order chi connectivity index (χ1) is 9.23. The minimum Gasteiger partial charge on any atom is -0.367 e. The van der Waals surface area contributed by atoms with Crippen LogP contribution in [0.4, 0.5) is 0 Å². The van der Waals surface area contributed by atoms with Gasteiger partial charge < -0.3 is 14.6 Å². The van der Waals surface area contributed by atoms with Crippen LogP contribution >= 0.6 is 0 Å². The molecular weight excluding hydrogens is 242 g/mol. The molecule has 0 spiro atoms. The topological polar surface area (TPSA) is 60.2 Å². The lowest BCUT2D eigenvalue weighted by Crippen LogP contribution is -2.40. The van der Waals surface area contributed by atoms with E-state index >= 15 is 0 Å². The molecule has 3 rings (SSSR count). The van der Waals surface area contributed by atoms with Crippen molar-refractivity contribution in [2.45, 2.75) is 51.0 Å². The summed E-state index contributed by atoms with van der Waals surface area (Å²) in [5, 5.41) is 7.46. The summed E-state index contributed by atoms with van der Waals surface area (Å²) in [5.74, 6) is 2.59. The Morgan fingerprint density at radius 1 is 1.47 bits per heavy atom. The molecule has 2 heterocycles. The van der Waals surface area contributed by atoms with Crippen LogP contribution in [0.15, 0.2) is 4.52 Å². The third-order valence-electron chi connectivity index (χ3n) is 4.36. The second-order valence-corrected chi connectivity index (χ2v) is 5.94. The number of hydrogen-bond donors (Lipinski definition) is 1. The first-order valence-electron chi connectivity index (χ1n) is 7.42. The summed E-state index contributed by atoms with van der Waals surface area (Å²) in [6.07, 6.45) is 4.46. The predicted octanol–water partition coefficient (Wildman–Crippen LogP) is 2.20. The fourth-order valence-electron chi connectivity index (χ4n) is 3.23. The molecule has 2 fully saturated rings. The van der Waals surface area contributed by atoms with Crippen LogP contribution in [0.3, 0.4) is 0 Å². The minimum atomic E-state index is -0.314. The molecule has 1 aromatic heterocycles. The van der Waals surface area contributed by atoms with Gasteiger partial charge in [0.1, 0.15) is 5.60 Å². The first kappa shape index (κ1) is 13.1. The average Bonchev–Trinajstić information content (AvgIpc) is 2.77. The largest absolute Gasteiger partial charge is 0.367 e. The van der Waals surface area contributed by atoms with E-state index in [0.717, 1.165) is 37.6 Å². The molecule has 0 aromatic carbocycles. The third kappa shape index (κ3) is 2.41. The van der Waals surface area contributed by atoms with Gasteiger partial charge >= 0.3 is 0 Å². The fourth-order valence-corrected chi connectivity index (χ4v) is 3.23. The van der Waals surface area contributed by atoms with E-state index in [0.29, 0.717) is 18.4 Å². The maximum Gasteiger partial charge on any atom is 0.232 e. The Kier molecular flexibility index (Phi) is 3.58. The maximum atomic E-state index is 6.07. The van der Waals surface area contributed by atoms with Crippen LogP contribution in [0, 0.1) is 5.92 Å². The fraction of sp³-hybridized carbons (Fsp3) is 0.857. The average molecular weight is 265 g/mol. The van der Waals surface area contributed by atoms with Crippen LogP contribution in [-0.4, -0.2) is 29.8 Å². The summed E-state index contributed by atoms with van der Waals surface area (Å²) in [4.78, 5) is 4.64. The van der Waals surface area contributed by atoms with Gasteiger partial charge in [-0.1, -0.05) is 18.5 Å². The molecule has 1 saturated carbocycles. The summed E-state index contributed by atoms with van der Waals surface area (Å²) in [7, 11) is 0. The lowest BCUT2D eigenvalue weighted by Gasteiger charge is -2.37. The van der Waals surface area contributed by atoms with E-state index in [4.69, 9.17) is 9.26 Å². The van der Waals surface area contributed by atoms with Crippen molar-refractivity contribution in [3.8, 4) is 0 Å². The Bertz CT molecular complexity index is 426. The van der Waals surface area contributed by atoms with Crippen molar-refractivity contribution in [1.82, 2.24) is 15.5 Å². The van der Waals surface area contributed by atoms with E-state index in [1.165, 1.54) is 12.8 Å². The normalized spacial score (nSPS) is 32.2. The Morgan fingerprint density at radius 2 is 2.32 bits per heavy atom. The van der Waals surface area contributed by atoms with Gasteiger partial charge in [-0.05, 0) is 32.1 Å². The van der Waals surface area contributed by atoms with Gasteiger partial charge in [0.05, 0.1) is 5.92 Å².